The quantitative estimate of drug-likeness (QED) is 0.800. The molecular formula is C13H17F4NO. The maximum atomic E-state index is 12.7. The lowest BCUT2D eigenvalue weighted by molar-refractivity contribution is -0.253. The number of rotatable bonds is 6. The topological polar surface area (TPSA) is 35.2 Å². The molecule has 0 saturated carbocycles. The van der Waals surface area contributed by atoms with Crippen LogP contribution in [0.1, 0.15) is 31.9 Å². The van der Waals surface area contributed by atoms with Crippen molar-refractivity contribution in [3.05, 3.63) is 29.8 Å². The number of hydrogen-bond donors (Lipinski definition) is 1. The Morgan fingerprint density at radius 3 is 2.16 bits per heavy atom. The summed E-state index contributed by atoms with van der Waals surface area (Å²) in [6, 6.07) is 5.22. The van der Waals surface area contributed by atoms with Crippen LogP contribution in [0.15, 0.2) is 24.3 Å². The maximum Gasteiger partial charge on any atom is 0.461 e. The van der Waals surface area contributed by atoms with E-state index < -0.39 is 12.5 Å². The van der Waals surface area contributed by atoms with Crippen molar-refractivity contribution in [3.63, 3.8) is 0 Å². The Balaban J connectivity index is 2.77. The molecule has 6 heteroatoms. The Hall–Kier alpha value is -1.30. The fourth-order valence-electron chi connectivity index (χ4n) is 1.54. The van der Waals surface area contributed by atoms with Crippen LogP contribution in [0.2, 0.25) is 0 Å². The summed E-state index contributed by atoms with van der Waals surface area (Å²) in [7, 11) is 0. The van der Waals surface area contributed by atoms with E-state index in [1.807, 2.05) is 13.8 Å². The molecule has 0 aromatic heterocycles. The van der Waals surface area contributed by atoms with Gasteiger partial charge in [-0.25, -0.2) is 0 Å². The molecule has 2 atom stereocenters. The molecule has 0 aliphatic heterocycles. The SMILES string of the molecule is CCC(C)[C@@H](N)c1ccc(OC(F)(F)C(F)F)cc1. The second-order valence-electron chi connectivity index (χ2n) is 4.44. The van der Waals surface area contributed by atoms with Crippen molar-refractivity contribution in [1.29, 1.82) is 0 Å². The predicted octanol–water partition coefficient (Wildman–Crippen LogP) is 3.97. The Labute approximate surface area is 109 Å². The molecule has 2 N–H and O–H groups in total. The molecule has 1 rings (SSSR count). The Morgan fingerprint density at radius 2 is 1.74 bits per heavy atom. The van der Waals surface area contributed by atoms with Crippen LogP contribution in [0.3, 0.4) is 0 Å². The van der Waals surface area contributed by atoms with Crippen molar-refractivity contribution >= 4 is 0 Å². The second-order valence-corrected chi connectivity index (χ2v) is 4.44. The summed E-state index contributed by atoms with van der Waals surface area (Å²) in [4.78, 5) is 0. The molecule has 0 spiro atoms. The van der Waals surface area contributed by atoms with E-state index in [0.717, 1.165) is 12.0 Å². The fourth-order valence-corrected chi connectivity index (χ4v) is 1.54. The van der Waals surface area contributed by atoms with E-state index in [9.17, 15) is 17.6 Å². The summed E-state index contributed by atoms with van der Waals surface area (Å²) in [5.41, 5.74) is 6.72. The molecule has 0 heterocycles. The third-order valence-electron chi connectivity index (χ3n) is 3.03. The van der Waals surface area contributed by atoms with Gasteiger partial charge in [-0.15, -0.1) is 0 Å². The van der Waals surface area contributed by atoms with E-state index in [0.29, 0.717) is 0 Å². The van der Waals surface area contributed by atoms with Crippen molar-refractivity contribution in [2.45, 2.75) is 38.8 Å². The minimum Gasteiger partial charge on any atom is -0.428 e. The lowest BCUT2D eigenvalue weighted by atomic mass is 9.93. The first-order chi connectivity index (χ1) is 8.77. The molecule has 0 amide bonds. The van der Waals surface area contributed by atoms with Crippen molar-refractivity contribution in [2.75, 3.05) is 0 Å². The van der Waals surface area contributed by atoms with E-state index in [1.54, 1.807) is 0 Å². The first-order valence-corrected chi connectivity index (χ1v) is 5.98. The van der Waals surface area contributed by atoms with Crippen LogP contribution in [0.4, 0.5) is 17.6 Å². The summed E-state index contributed by atoms with van der Waals surface area (Å²) < 4.78 is 53.2. The summed E-state index contributed by atoms with van der Waals surface area (Å²) in [6.07, 6.45) is -7.47. The molecular weight excluding hydrogens is 262 g/mol. The standard InChI is InChI=1S/C13H17F4NO/c1-3-8(2)11(18)9-4-6-10(7-5-9)19-13(16,17)12(14)15/h4-8,11-12H,3,18H2,1-2H3/t8?,11-/m1/s1. The van der Waals surface area contributed by atoms with Crippen molar-refractivity contribution < 1.29 is 22.3 Å². The monoisotopic (exact) mass is 279 g/mol. The van der Waals surface area contributed by atoms with Crippen LogP contribution in [0, 0.1) is 5.92 Å². The smallest absolute Gasteiger partial charge is 0.428 e. The van der Waals surface area contributed by atoms with Crippen LogP contribution in [-0.2, 0) is 0 Å². The third kappa shape index (κ3) is 4.09. The number of alkyl halides is 4. The lowest BCUT2D eigenvalue weighted by Crippen LogP contribution is -2.33. The molecule has 0 saturated heterocycles. The lowest BCUT2D eigenvalue weighted by Gasteiger charge is -2.20. The molecule has 1 aromatic carbocycles. The molecule has 1 aromatic rings. The summed E-state index contributed by atoms with van der Waals surface area (Å²) >= 11 is 0. The van der Waals surface area contributed by atoms with Crippen LogP contribution < -0.4 is 10.5 Å². The van der Waals surface area contributed by atoms with Gasteiger partial charge in [-0.1, -0.05) is 32.4 Å². The predicted molar refractivity (Wildman–Crippen MR) is 64.4 cm³/mol. The molecule has 2 nitrogen and oxygen atoms in total. The molecule has 108 valence electrons. The van der Waals surface area contributed by atoms with Gasteiger partial charge in [0.05, 0.1) is 0 Å². The summed E-state index contributed by atoms with van der Waals surface area (Å²) in [5.74, 6) is -0.0836. The average Bonchev–Trinajstić information content (AvgIpc) is 2.37. The number of benzene rings is 1. The van der Waals surface area contributed by atoms with Gasteiger partial charge in [-0.2, -0.15) is 17.6 Å². The van der Waals surface area contributed by atoms with Gasteiger partial charge in [0.2, 0.25) is 0 Å². The van der Waals surface area contributed by atoms with E-state index in [-0.39, 0.29) is 17.7 Å². The normalized spacial score (nSPS) is 15.4. The number of nitrogens with two attached hydrogens (primary N) is 1. The van der Waals surface area contributed by atoms with Gasteiger partial charge in [0.15, 0.2) is 0 Å². The molecule has 0 aliphatic rings. The zero-order valence-corrected chi connectivity index (χ0v) is 10.7. The Kier molecular flexibility index (Phi) is 5.17. The highest BCUT2D eigenvalue weighted by Gasteiger charge is 2.43. The van der Waals surface area contributed by atoms with Crippen molar-refractivity contribution in [1.82, 2.24) is 0 Å². The van der Waals surface area contributed by atoms with Gasteiger partial charge >= 0.3 is 12.5 Å². The highest BCUT2D eigenvalue weighted by molar-refractivity contribution is 5.29. The van der Waals surface area contributed by atoms with Crippen LogP contribution in [0.5, 0.6) is 5.75 Å². The van der Waals surface area contributed by atoms with Crippen LogP contribution in [-0.4, -0.2) is 12.5 Å². The van der Waals surface area contributed by atoms with E-state index >= 15 is 0 Å². The van der Waals surface area contributed by atoms with Crippen LogP contribution >= 0.6 is 0 Å². The number of halogens is 4. The molecule has 0 radical (unpaired) electrons. The maximum absolute atomic E-state index is 12.7. The number of hydrogen-bond acceptors (Lipinski definition) is 2. The first kappa shape index (κ1) is 15.8. The van der Waals surface area contributed by atoms with Gasteiger partial charge in [-0.05, 0) is 23.6 Å². The summed E-state index contributed by atoms with van der Waals surface area (Å²) in [6.45, 7) is 3.96. The molecule has 19 heavy (non-hydrogen) atoms. The summed E-state index contributed by atoms with van der Waals surface area (Å²) in [5, 5.41) is 0. The zero-order chi connectivity index (χ0) is 14.6. The minimum absolute atomic E-state index is 0.227. The van der Waals surface area contributed by atoms with E-state index in [4.69, 9.17) is 5.73 Å². The largest absolute Gasteiger partial charge is 0.461 e. The van der Waals surface area contributed by atoms with E-state index in [2.05, 4.69) is 4.74 Å². The second kappa shape index (κ2) is 6.23. The Bertz CT molecular complexity index is 394. The fraction of sp³-hybridized carbons (Fsp3) is 0.538. The average molecular weight is 279 g/mol. The zero-order valence-electron chi connectivity index (χ0n) is 10.7. The molecule has 0 fully saturated rings. The molecule has 0 bridgehead atoms. The molecule has 1 unspecified atom stereocenters. The third-order valence-corrected chi connectivity index (χ3v) is 3.03. The van der Waals surface area contributed by atoms with Gasteiger partial charge in [0.1, 0.15) is 5.75 Å². The highest BCUT2D eigenvalue weighted by Crippen LogP contribution is 2.29. The van der Waals surface area contributed by atoms with E-state index in [1.165, 1.54) is 24.3 Å². The Morgan fingerprint density at radius 1 is 1.21 bits per heavy atom. The van der Waals surface area contributed by atoms with Gasteiger partial charge in [-0.3, -0.25) is 0 Å². The highest BCUT2D eigenvalue weighted by atomic mass is 19.3. The minimum atomic E-state index is -4.49. The van der Waals surface area contributed by atoms with Gasteiger partial charge in [0, 0.05) is 6.04 Å². The number of ether oxygens (including phenoxy) is 1. The van der Waals surface area contributed by atoms with Gasteiger partial charge in [0.25, 0.3) is 0 Å². The van der Waals surface area contributed by atoms with Gasteiger partial charge < -0.3 is 10.5 Å². The van der Waals surface area contributed by atoms with Crippen molar-refractivity contribution in [3.8, 4) is 5.75 Å². The first-order valence-electron chi connectivity index (χ1n) is 5.98. The van der Waals surface area contributed by atoms with Crippen molar-refractivity contribution in [2.24, 2.45) is 11.7 Å². The van der Waals surface area contributed by atoms with Crippen LogP contribution in [0.25, 0.3) is 0 Å². The molecule has 0 aliphatic carbocycles.